The summed E-state index contributed by atoms with van der Waals surface area (Å²) in [5, 5.41) is 3.77. The predicted octanol–water partition coefficient (Wildman–Crippen LogP) is 3.13. The van der Waals surface area contributed by atoms with Gasteiger partial charge in [0.05, 0.1) is 0 Å². The van der Waals surface area contributed by atoms with Crippen LogP contribution in [0.1, 0.15) is 54.9 Å². The average Bonchev–Trinajstić information content (AvgIpc) is 2.25. The maximum Gasteiger partial charge on any atom is 0.0272 e. The fourth-order valence-corrected chi connectivity index (χ4v) is 2.84. The molecule has 1 fully saturated rings. The fourth-order valence-electron chi connectivity index (χ4n) is 2.84. The van der Waals surface area contributed by atoms with Gasteiger partial charge >= 0.3 is 0 Å². The Bertz CT molecular complexity index is 230. The van der Waals surface area contributed by atoms with Crippen LogP contribution in [0.2, 0.25) is 0 Å². The molecule has 0 aromatic heterocycles. The number of hydrogen-bond acceptors (Lipinski definition) is 2. The van der Waals surface area contributed by atoms with Crippen LogP contribution in [-0.4, -0.2) is 36.1 Å². The fraction of sp³-hybridized carbons (Fsp3) is 1.00. The first-order valence-corrected chi connectivity index (χ1v) is 7.26. The Balaban J connectivity index is 2.75. The van der Waals surface area contributed by atoms with Crippen molar-refractivity contribution < 1.29 is 0 Å². The van der Waals surface area contributed by atoms with Crippen molar-refractivity contribution in [1.82, 2.24) is 10.2 Å². The summed E-state index contributed by atoms with van der Waals surface area (Å²) in [6, 6.07) is 1.97. The molecule has 0 bridgehead atoms. The van der Waals surface area contributed by atoms with Crippen LogP contribution in [0, 0.1) is 11.3 Å². The van der Waals surface area contributed by atoms with Crippen molar-refractivity contribution in [3.8, 4) is 0 Å². The molecule has 1 heterocycles. The van der Waals surface area contributed by atoms with Crippen LogP contribution in [0.25, 0.3) is 0 Å². The lowest BCUT2D eigenvalue weighted by molar-refractivity contribution is 0.0213. The van der Waals surface area contributed by atoms with Gasteiger partial charge in [-0.1, -0.05) is 41.0 Å². The second kappa shape index (κ2) is 5.71. The summed E-state index contributed by atoms with van der Waals surface area (Å²) >= 11 is 0. The van der Waals surface area contributed by atoms with Gasteiger partial charge in [0.2, 0.25) is 0 Å². The maximum atomic E-state index is 3.77. The summed E-state index contributed by atoms with van der Waals surface area (Å²) < 4.78 is 0. The van der Waals surface area contributed by atoms with Crippen molar-refractivity contribution in [2.75, 3.05) is 13.1 Å². The Morgan fingerprint density at radius 1 is 1.24 bits per heavy atom. The normalized spacial score (nSPS) is 29.6. The molecule has 1 N–H and O–H groups in total. The Labute approximate surface area is 108 Å². The molecule has 0 amide bonds. The highest BCUT2D eigenvalue weighted by Gasteiger charge is 2.37. The van der Waals surface area contributed by atoms with Crippen molar-refractivity contribution in [3.05, 3.63) is 0 Å². The molecule has 0 saturated carbocycles. The summed E-state index contributed by atoms with van der Waals surface area (Å²) in [5.41, 5.74) is 0.359. The average molecular weight is 240 g/mol. The molecule has 1 aliphatic rings. The molecule has 0 radical (unpaired) electrons. The highest BCUT2D eigenvalue weighted by atomic mass is 15.3. The summed E-state index contributed by atoms with van der Waals surface area (Å²) in [7, 11) is 0. The molecule has 1 aliphatic heterocycles. The molecule has 3 atom stereocenters. The van der Waals surface area contributed by atoms with Crippen molar-refractivity contribution in [2.24, 2.45) is 11.3 Å². The van der Waals surface area contributed by atoms with Gasteiger partial charge in [0.25, 0.3) is 0 Å². The van der Waals surface area contributed by atoms with Gasteiger partial charge in [0.1, 0.15) is 0 Å². The van der Waals surface area contributed by atoms with E-state index in [0.29, 0.717) is 23.5 Å². The van der Waals surface area contributed by atoms with Crippen LogP contribution < -0.4 is 5.32 Å². The van der Waals surface area contributed by atoms with Crippen molar-refractivity contribution in [2.45, 2.75) is 73.0 Å². The zero-order valence-corrected chi connectivity index (χ0v) is 12.9. The van der Waals surface area contributed by atoms with E-state index >= 15 is 0 Å². The summed E-state index contributed by atoms with van der Waals surface area (Å²) in [5.74, 6) is 0.775. The van der Waals surface area contributed by atoms with E-state index in [1.165, 1.54) is 13.0 Å². The second-order valence-corrected chi connectivity index (χ2v) is 7.07. The van der Waals surface area contributed by atoms with Gasteiger partial charge in [-0.2, -0.15) is 0 Å². The highest BCUT2D eigenvalue weighted by molar-refractivity contribution is 4.94. The lowest BCUT2D eigenvalue weighted by atomic mass is 9.82. The lowest BCUT2D eigenvalue weighted by Gasteiger charge is -2.49. The molecular formula is C15H32N2. The van der Waals surface area contributed by atoms with Gasteiger partial charge in [-0.3, -0.25) is 4.90 Å². The zero-order valence-electron chi connectivity index (χ0n) is 12.9. The van der Waals surface area contributed by atoms with Gasteiger partial charge in [-0.05, 0) is 25.2 Å². The molecule has 1 rings (SSSR count). The van der Waals surface area contributed by atoms with E-state index < -0.39 is 0 Å². The van der Waals surface area contributed by atoms with Crippen molar-refractivity contribution in [3.63, 3.8) is 0 Å². The van der Waals surface area contributed by atoms with Crippen molar-refractivity contribution >= 4 is 0 Å². The number of hydrogen-bond donors (Lipinski definition) is 1. The standard InChI is InChI=1S/C15H32N2/c1-8-12(4)13-10-17(11(2)3)14(9-16-13)15(5,6)7/h11-14,16H,8-10H2,1-7H3. The van der Waals surface area contributed by atoms with E-state index in [1.54, 1.807) is 0 Å². The van der Waals surface area contributed by atoms with E-state index in [4.69, 9.17) is 0 Å². The monoisotopic (exact) mass is 240 g/mol. The molecule has 0 spiro atoms. The third-order valence-electron chi connectivity index (χ3n) is 4.38. The molecule has 0 aliphatic carbocycles. The largest absolute Gasteiger partial charge is 0.311 e. The van der Waals surface area contributed by atoms with Crippen LogP contribution in [-0.2, 0) is 0 Å². The molecule has 0 aromatic rings. The molecule has 1 saturated heterocycles. The third-order valence-corrected chi connectivity index (χ3v) is 4.38. The van der Waals surface area contributed by atoms with E-state index in [9.17, 15) is 0 Å². The van der Waals surface area contributed by atoms with Crippen molar-refractivity contribution in [1.29, 1.82) is 0 Å². The van der Waals surface area contributed by atoms with Gasteiger partial charge < -0.3 is 5.32 Å². The van der Waals surface area contributed by atoms with Crippen LogP contribution in [0.4, 0.5) is 0 Å². The molecule has 17 heavy (non-hydrogen) atoms. The molecule has 3 unspecified atom stereocenters. The minimum atomic E-state index is 0.359. The smallest absolute Gasteiger partial charge is 0.0272 e. The van der Waals surface area contributed by atoms with E-state index in [2.05, 4.69) is 58.7 Å². The molecule has 2 nitrogen and oxygen atoms in total. The number of rotatable bonds is 3. The van der Waals surface area contributed by atoms with Gasteiger partial charge in [0.15, 0.2) is 0 Å². The molecule has 102 valence electrons. The van der Waals surface area contributed by atoms with Gasteiger partial charge in [-0.15, -0.1) is 0 Å². The van der Waals surface area contributed by atoms with Crippen LogP contribution in [0.5, 0.6) is 0 Å². The number of nitrogens with zero attached hydrogens (tertiary/aromatic N) is 1. The van der Waals surface area contributed by atoms with Gasteiger partial charge in [0, 0.05) is 31.2 Å². The zero-order chi connectivity index (χ0) is 13.2. The first-order chi connectivity index (χ1) is 7.77. The van der Waals surface area contributed by atoms with E-state index in [0.717, 1.165) is 12.5 Å². The number of nitrogens with one attached hydrogen (secondary N) is 1. The quantitative estimate of drug-likeness (QED) is 0.815. The summed E-state index contributed by atoms with van der Waals surface area (Å²) in [6.45, 7) is 18.7. The first-order valence-electron chi connectivity index (χ1n) is 7.26. The van der Waals surface area contributed by atoms with Crippen LogP contribution in [0.3, 0.4) is 0 Å². The Hall–Kier alpha value is -0.0800. The molecule has 0 aromatic carbocycles. The third kappa shape index (κ3) is 3.69. The van der Waals surface area contributed by atoms with Gasteiger partial charge in [-0.25, -0.2) is 0 Å². The van der Waals surface area contributed by atoms with E-state index in [-0.39, 0.29) is 0 Å². The minimum absolute atomic E-state index is 0.359. The number of piperazine rings is 1. The van der Waals surface area contributed by atoms with E-state index in [1.807, 2.05) is 0 Å². The minimum Gasteiger partial charge on any atom is -0.311 e. The summed E-state index contributed by atoms with van der Waals surface area (Å²) in [6.07, 6.45) is 1.27. The maximum absolute atomic E-state index is 3.77. The first kappa shape index (κ1) is 15.0. The highest BCUT2D eigenvalue weighted by Crippen LogP contribution is 2.29. The lowest BCUT2D eigenvalue weighted by Crippen LogP contribution is -2.63. The van der Waals surface area contributed by atoms with Crippen LogP contribution >= 0.6 is 0 Å². The van der Waals surface area contributed by atoms with Crippen LogP contribution in [0.15, 0.2) is 0 Å². The predicted molar refractivity (Wildman–Crippen MR) is 76.3 cm³/mol. The molecule has 2 heteroatoms. The summed E-state index contributed by atoms with van der Waals surface area (Å²) in [4.78, 5) is 2.70. The molecular weight excluding hydrogens is 208 g/mol. The topological polar surface area (TPSA) is 15.3 Å². The Morgan fingerprint density at radius 3 is 2.24 bits per heavy atom. The Kier molecular flexibility index (Phi) is 5.03. The second-order valence-electron chi connectivity index (χ2n) is 7.07. The Morgan fingerprint density at radius 2 is 1.82 bits per heavy atom. The SMILES string of the molecule is CCC(C)C1CN(C(C)C)C(C(C)(C)C)CN1.